The first-order valence-electron chi connectivity index (χ1n) is 9.21. The molecule has 0 saturated carbocycles. The molecule has 1 aromatic rings. The number of amides is 1. The Morgan fingerprint density at radius 3 is 2.45 bits per heavy atom. The predicted molar refractivity (Wildman–Crippen MR) is 107 cm³/mol. The van der Waals surface area contributed by atoms with E-state index in [1.807, 2.05) is 6.08 Å². The third kappa shape index (κ3) is 5.55. The molecule has 2 aliphatic rings. The molecule has 0 unspecified atom stereocenters. The molecule has 0 aliphatic carbocycles. The lowest BCUT2D eigenvalue weighted by Crippen LogP contribution is -2.35. The average Bonchev–Trinajstić information content (AvgIpc) is 3.04. The molecule has 1 N–H and O–H groups in total. The summed E-state index contributed by atoms with van der Waals surface area (Å²) < 4.78 is 78.9. The van der Waals surface area contributed by atoms with Crippen LogP contribution in [0.3, 0.4) is 0 Å². The van der Waals surface area contributed by atoms with Crippen LogP contribution < -0.4 is 10.2 Å². The zero-order valence-corrected chi connectivity index (χ0v) is 16.8. The van der Waals surface area contributed by atoms with Crippen molar-refractivity contribution in [2.24, 2.45) is 10.9 Å². The van der Waals surface area contributed by atoms with Gasteiger partial charge in [0.15, 0.2) is 0 Å². The van der Waals surface area contributed by atoms with Crippen molar-refractivity contribution in [2.45, 2.75) is 25.2 Å². The summed E-state index contributed by atoms with van der Waals surface area (Å²) in [6, 6.07) is 1.70. The maximum Gasteiger partial charge on any atom is 0.418 e. The lowest BCUT2D eigenvalue weighted by atomic mass is 9.95. The van der Waals surface area contributed by atoms with Crippen molar-refractivity contribution in [3.05, 3.63) is 40.3 Å². The number of anilines is 1. The molecule has 4 nitrogen and oxygen atoms in total. The first-order chi connectivity index (χ1) is 14.5. The van der Waals surface area contributed by atoms with Gasteiger partial charge >= 0.3 is 12.4 Å². The fraction of sp³-hybridized carbons (Fsp3) is 0.400. The molecule has 3 rings (SSSR count). The fourth-order valence-electron chi connectivity index (χ4n) is 3.42. The summed E-state index contributed by atoms with van der Waals surface area (Å²) in [4.78, 5) is 17.8. The van der Waals surface area contributed by atoms with E-state index in [0.717, 1.165) is 17.8 Å². The monoisotopic (exact) mass is 461 g/mol. The molecule has 11 heteroatoms. The van der Waals surface area contributed by atoms with E-state index < -0.39 is 23.5 Å². The molecule has 2 heterocycles. The molecule has 0 atom stereocenters. The molecule has 0 radical (unpaired) electrons. The van der Waals surface area contributed by atoms with Crippen molar-refractivity contribution >= 4 is 28.5 Å². The van der Waals surface area contributed by atoms with Crippen molar-refractivity contribution in [3.8, 4) is 12.3 Å². The Bertz CT molecular complexity index is 953. The van der Waals surface area contributed by atoms with Crippen molar-refractivity contribution in [2.75, 3.05) is 24.5 Å². The number of nitrogens with zero attached hydrogens (tertiary/aromatic N) is 2. The quantitative estimate of drug-likeness (QED) is 0.490. The zero-order valence-electron chi connectivity index (χ0n) is 16.0. The minimum atomic E-state index is -4.91. The van der Waals surface area contributed by atoms with Crippen LogP contribution in [-0.4, -0.2) is 30.7 Å². The van der Waals surface area contributed by atoms with Gasteiger partial charge in [-0.25, -0.2) is 0 Å². The molecule has 2 fully saturated rings. The van der Waals surface area contributed by atoms with Gasteiger partial charge in [0.05, 0.1) is 16.0 Å². The number of halogens is 6. The number of aliphatic imine (C=N–C) groups is 1. The smallest absolute Gasteiger partial charge is 0.371 e. The number of hydrogen-bond acceptors (Lipinski definition) is 4. The Kier molecular flexibility index (Phi) is 6.59. The number of rotatable bonds is 3. The van der Waals surface area contributed by atoms with E-state index in [9.17, 15) is 31.1 Å². The lowest BCUT2D eigenvalue weighted by Gasteiger charge is -2.34. The highest BCUT2D eigenvalue weighted by Crippen LogP contribution is 2.41. The number of carbonyl (C=O) groups excluding carboxylic acids is 1. The minimum Gasteiger partial charge on any atom is -0.371 e. The molecular weight excluding hydrogens is 444 g/mol. The van der Waals surface area contributed by atoms with Crippen LogP contribution in [-0.2, 0) is 12.4 Å². The van der Waals surface area contributed by atoms with Crippen LogP contribution >= 0.6 is 11.8 Å². The first-order valence-corrected chi connectivity index (χ1v) is 10.0. The largest absolute Gasteiger partial charge is 0.418 e. The predicted octanol–water partition coefficient (Wildman–Crippen LogP) is 5.31. The highest BCUT2D eigenvalue weighted by Gasteiger charge is 2.39. The topological polar surface area (TPSA) is 44.7 Å². The van der Waals surface area contributed by atoms with E-state index in [2.05, 4.69) is 16.2 Å². The number of benzene rings is 1. The van der Waals surface area contributed by atoms with Gasteiger partial charge in [-0.15, -0.1) is 6.42 Å². The first kappa shape index (κ1) is 23.1. The number of hydrogen-bond donors (Lipinski definition) is 1. The van der Waals surface area contributed by atoms with Crippen molar-refractivity contribution in [3.63, 3.8) is 0 Å². The lowest BCUT2D eigenvalue weighted by molar-refractivity contribution is -0.142. The number of allylic oxidation sites excluding steroid dienone is 1. The maximum absolute atomic E-state index is 13.4. The molecule has 1 amide bonds. The van der Waals surface area contributed by atoms with E-state index in [1.54, 1.807) is 0 Å². The second-order valence-electron chi connectivity index (χ2n) is 6.97. The second-order valence-corrected chi connectivity index (χ2v) is 7.98. The van der Waals surface area contributed by atoms with E-state index >= 15 is 0 Å². The summed E-state index contributed by atoms with van der Waals surface area (Å²) in [5.41, 5.74) is -2.91. The van der Waals surface area contributed by atoms with Crippen LogP contribution in [0.25, 0.3) is 0 Å². The number of terminal acetylenes is 1. The van der Waals surface area contributed by atoms with Crippen LogP contribution in [0.4, 0.5) is 36.8 Å². The summed E-state index contributed by atoms with van der Waals surface area (Å²) in [6.07, 6.45) is -1.82. The molecule has 2 aliphatic heterocycles. The number of thioether (sulfide) groups is 1. The second kappa shape index (κ2) is 8.86. The Morgan fingerprint density at radius 1 is 1.19 bits per heavy atom. The van der Waals surface area contributed by atoms with Crippen LogP contribution in [0.5, 0.6) is 0 Å². The van der Waals surface area contributed by atoms with Gasteiger partial charge in [-0.2, -0.15) is 26.3 Å². The highest BCUT2D eigenvalue weighted by atomic mass is 32.2. The molecule has 2 saturated heterocycles. The van der Waals surface area contributed by atoms with Gasteiger partial charge in [0.2, 0.25) is 0 Å². The van der Waals surface area contributed by atoms with E-state index in [4.69, 9.17) is 6.42 Å². The molecule has 0 aromatic heterocycles. The van der Waals surface area contributed by atoms with Crippen molar-refractivity contribution in [1.82, 2.24) is 5.32 Å². The molecular formula is C20H17F6N3OS. The zero-order chi connectivity index (χ0) is 22.8. The summed E-state index contributed by atoms with van der Waals surface area (Å²) in [5.74, 6) is 2.69. The highest BCUT2D eigenvalue weighted by molar-refractivity contribution is 8.18. The molecule has 31 heavy (non-hydrogen) atoms. The Morgan fingerprint density at radius 2 is 1.87 bits per heavy atom. The maximum atomic E-state index is 13.4. The SMILES string of the molecule is C#CCN=C1NC(=O)S/C1=C\C1CCN(c2ccc(C(F)(F)F)cc2C(F)(F)F)CC1. The molecule has 0 spiro atoms. The molecule has 0 bridgehead atoms. The van der Waals surface area contributed by atoms with Gasteiger partial charge in [-0.1, -0.05) is 12.0 Å². The van der Waals surface area contributed by atoms with Crippen LogP contribution in [0.1, 0.15) is 24.0 Å². The number of alkyl halides is 6. The van der Waals surface area contributed by atoms with Crippen LogP contribution in [0.15, 0.2) is 34.2 Å². The van der Waals surface area contributed by atoms with E-state index in [-0.39, 0.29) is 42.5 Å². The number of nitrogens with one attached hydrogen (secondary N) is 1. The van der Waals surface area contributed by atoms with Gasteiger partial charge in [0.25, 0.3) is 5.24 Å². The number of amidine groups is 1. The Labute approximate surface area is 178 Å². The van der Waals surface area contributed by atoms with Crippen molar-refractivity contribution in [1.29, 1.82) is 0 Å². The number of piperidine rings is 1. The van der Waals surface area contributed by atoms with Gasteiger partial charge in [0, 0.05) is 18.8 Å². The fourth-order valence-corrected chi connectivity index (χ4v) is 4.24. The van der Waals surface area contributed by atoms with Crippen LogP contribution in [0, 0.1) is 18.3 Å². The van der Waals surface area contributed by atoms with Gasteiger partial charge < -0.3 is 10.2 Å². The summed E-state index contributed by atoms with van der Waals surface area (Å²) in [6.45, 7) is 0.553. The van der Waals surface area contributed by atoms with Crippen LogP contribution in [0.2, 0.25) is 0 Å². The van der Waals surface area contributed by atoms with Gasteiger partial charge in [-0.3, -0.25) is 9.79 Å². The Balaban J connectivity index is 1.77. The van der Waals surface area contributed by atoms with Gasteiger partial charge in [-0.05, 0) is 48.7 Å². The third-order valence-electron chi connectivity index (χ3n) is 4.88. The summed E-state index contributed by atoms with van der Waals surface area (Å²) in [7, 11) is 0. The average molecular weight is 461 g/mol. The summed E-state index contributed by atoms with van der Waals surface area (Å²) in [5, 5.41) is 2.29. The summed E-state index contributed by atoms with van der Waals surface area (Å²) >= 11 is 0.967. The Hall–Kier alpha value is -2.61. The van der Waals surface area contributed by atoms with E-state index in [0.29, 0.717) is 29.6 Å². The van der Waals surface area contributed by atoms with E-state index in [1.165, 1.54) is 4.90 Å². The normalized spacial score (nSPS) is 20.9. The van der Waals surface area contributed by atoms with Gasteiger partial charge in [0.1, 0.15) is 12.4 Å². The minimum absolute atomic E-state index is 0.0220. The molecule has 166 valence electrons. The standard InChI is InChI=1S/C20H17F6N3OS/c1-2-7-27-17-16(31-18(30)28-17)10-12-5-8-29(9-6-12)15-4-3-13(19(21,22)23)11-14(15)20(24,25)26/h1,3-4,10-12H,5-9H2,(H,27,28,30)/b16-10-. The van der Waals surface area contributed by atoms with Crippen molar-refractivity contribution < 1.29 is 31.1 Å². The third-order valence-corrected chi connectivity index (χ3v) is 5.72. The molecule has 1 aromatic carbocycles. The number of carbonyl (C=O) groups is 1.